The van der Waals surface area contributed by atoms with Gasteiger partial charge in [0.15, 0.2) is 11.5 Å². The maximum Gasteiger partial charge on any atom is 0.342 e. The number of nitrogens with one attached hydrogen (secondary N) is 1. The predicted octanol–water partition coefficient (Wildman–Crippen LogP) is 1.34. The zero-order valence-electron chi connectivity index (χ0n) is 14.4. The first-order valence-electron chi connectivity index (χ1n) is 7.65. The molecule has 1 heterocycles. The molecule has 5 N–H and O–H groups in total. The standard InChI is InChI=1S/C17H16N2O8/c1-3-26-10-6-8(4-5-9(10)27-7(2)20)11-12(16(22)23)14(18)19-15(21)13(11)17(24)25/h4-6H,3H2,1-2H3,(H,22,23)(H,24,25)(H3,18,19,21). The van der Waals surface area contributed by atoms with Crippen molar-refractivity contribution in [1.82, 2.24) is 4.98 Å². The molecule has 0 saturated heterocycles. The largest absolute Gasteiger partial charge is 0.490 e. The monoisotopic (exact) mass is 376 g/mol. The van der Waals surface area contributed by atoms with Crippen molar-refractivity contribution >= 4 is 23.7 Å². The smallest absolute Gasteiger partial charge is 0.342 e. The summed E-state index contributed by atoms with van der Waals surface area (Å²) in [5, 5.41) is 18.9. The second-order valence-electron chi connectivity index (χ2n) is 5.29. The van der Waals surface area contributed by atoms with Gasteiger partial charge in [0.1, 0.15) is 16.9 Å². The fraction of sp³-hybridized carbons (Fsp3) is 0.176. The fourth-order valence-electron chi connectivity index (χ4n) is 2.51. The van der Waals surface area contributed by atoms with E-state index < -0.39 is 40.4 Å². The van der Waals surface area contributed by atoms with Crippen LogP contribution in [0, 0.1) is 0 Å². The lowest BCUT2D eigenvalue weighted by atomic mass is 9.95. The number of pyridine rings is 1. The lowest BCUT2D eigenvalue weighted by molar-refractivity contribution is -0.132. The number of aromatic carboxylic acids is 2. The minimum absolute atomic E-state index is 0.0435. The summed E-state index contributed by atoms with van der Waals surface area (Å²) in [6, 6.07) is 3.87. The zero-order chi connectivity index (χ0) is 20.3. The van der Waals surface area contributed by atoms with Crippen molar-refractivity contribution in [2.45, 2.75) is 13.8 Å². The molecule has 10 nitrogen and oxygen atoms in total. The predicted molar refractivity (Wildman–Crippen MR) is 93.3 cm³/mol. The summed E-state index contributed by atoms with van der Waals surface area (Å²) in [6.07, 6.45) is 0. The Kier molecular flexibility index (Phi) is 5.49. The summed E-state index contributed by atoms with van der Waals surface area (Å²) in [4.78, 5) is 48.5. The van der Waals surface area contributed by atoms with Crippen LogP contribution in [0.5, 0.6) is 11.5 Å². The van der Waals surface area contributed by atoms with Crippen molar-refractivity contribution in [3.05, 3.63) is 39.7 Å². The van der Waals surface area contributed by atoms with Gasteiger partial charge in [-0.15, -0.1) is 0 Å². The Morgan fingerprint density at radius 1 is 1.11 bits per heavy atom. The number of hydrogen-bond acceptors (Lipinski definition) is 7. The average molecular weight is 376 g/mol. The first-order chi connectivity index (χ1) is 12.7. The number of carboxylic acid groups (broad SMARTS) is 2. The molecule has 0 aliphatic heterocycles. The Labute approximate surface area is 152 Å². The van der Waals surface area contributed by atoms with Crippen LogP contribution in [-0.4, -0.2) is 39.7 Å². The number of nitrogens with two attached hydrogens (primary N) is 1. The topological polar surface area (TPSA) is 169 Å². The van der Waals surface area contributed by atoms with Crippen LogP contribution >= 0.6 is 0 Å². The Bertz CT molecular complexity index is 993. The number of aromatic amines is 1. The molecule has 2 aromatic rings. The van der Waals surface area contributed by atoms with Gasteiger partial charge < -0.3 is 30.4 Å². The molecule has 0 spiro atoms. The van der Waals surface area contributed by atoms with E-state index in [-0.39, 0.29) is 29.2 Å². The van der Waals surface area contributed by atoms with Crippen molar-refractivity contribution in [2.24, 2.45) is 0 Å². The van der Waals surface area contributed by atoms with Crippen LogP contribution in [0.1, 0.15) is 34.6 Å². The maximum atomic E-state index is 12.1. The number of hydrogen-bond donors (Lipinski definition) is 4. The summed E-state index contributed by atoms with van der Waals surface area (Å²) in [5.74, 6) is -4.13. The second kappa shape index (κ2) is 7.60. The fourth-order valence-corrected chi connectivity index (χ4v) is 2.51. The number of carbonyl (C=O) groups excluding carboxylic acids is 1. The van der Waals surface area contributed by atoms with E-state index in [1.165, 1.54) is 25.1 Å². The van der Waals surface area contributed by atoms with Crippen LogP contribution in [0.15, 0.2) is 23.0 Å². The number of aromatic nitrogens is 1. The van der Waals surface area contributed by atoms with Crippen molar-refractivity contribution in [3.8, 4) is 22.6 Å². The molecule has 10 heteroatoms. The Balaban J connectivity index is 2.86. The van der Waals surface area contributed by atoms with Crippen LogP contribution in [0.25, 0.3) is 11.1 Å². The van der Waals surface area contributed by atoms with Crippen molar-refractivity contribution < 1.29 is 34.1 Å². The van der Waals surface area contributed by atoms with Gasteiger partial charge in [0.2, 0.25) is 0 Å². The summed E-state index contributed by atoms with van der Waals surface area (Å²) < 4.78 is 10.4. The van der Waals surface area contributed by atoms with Gasteiger partial charge >= 0.3 is 17.9 Å². The SMILES string of the molecule is CCOc1cc(-c2c(C(=O)O)c(N)[nH]c(=O)c2C(=O)O)ccc1OC(C)=O. The summed E-state index contributed by atoms with van der Waals surface area (Å²) in [7, 11) is 0. The van der Waals surface area contributed by atoms with Gasteiger partial charge in [-0.3, -0.25) is 9.59 Å². The quantitative estimate of drug-likeness (QED) is 0.429. The molecule has 0 fully saturated rings. The average Bonchev–Trinajstić information content (AvgIpc) is 2.54. The number of carboxylic acids is 2. The molecular weight excluding hydrogens is 360 g/mol. The molecule has 0 radical (unpaired) electrons. The number of esters is 1. The van der Waals surface area contributed by atoms with Crippen LogP contribution < -0.4 is 20.8 Å². The third-order valence-corrected chi connectivity index (χ3v) is 3.46. The first kappa shape index (κ1) is 19.5. The van der Waals surface area contributed by atoms with Gasteiger partial charge in [-0.2, -0.15) is 0 Å². The molecule has 0 aliphatic rings. The molecular formula is C17H16N2O8. The lowest BCUT2D eigenvalue weighted by Gasteiger charge is -2.15. The summed E-state index contributed by atoms with van der Waals surface area (Å²) in [5.41, 5.74) is 2.84. The van der Waals surface area contributed by atoms with Gasteiger partial charge in [-0.25, -0.2) is 9.59 Å². The van der Waals surface area contributed by atoms with E-state index in [4.69, 9.17) is 15.2 Å². The molecule has 2 rings (SSSR count). The first-order valence-corrected chi connectivity index (χ1v) is 7.65. The molecule has 0 amide bonds. The number of carbonyl (C=O) groups is 3. The number of benzene rings is 1. The van der Waals surface area contributed by atoms with E-state index in [9.17, 15) is 29.4 Å². The number of rotatable bonds is 6. The van der Waals surface area contributed by atoms with Crippen molar-refractivity contribution in [3.63, 3.8) is 0 Å². The Hall–Kier alpha value is -3.82. The van der Waals surface area contributed by atoms with Crippen LogP contribution in [-0.2, 0) is 4.79 Å². The van der Waals surface area contributed by atoms with Gasteiger partial charge in [0.25, 0.3) is 5.56 Å². The zero-order valence-corrected chi connectivity index (χ0v) is 14.4. The van der Waals surface area contributed by atoms with Gasteiger partial charge in [-0.05, 0) is 24.6 Å². The second-order valence-corrected chi connectivity index (χ2v) is 5.29. The molecule has 1 aromatic carbocycles. The number of anilines is 1. The highest BCUT2D eigenvalue weighted by Gasteiger charge is 2.27. The molecule has 1 aromatic heterocycles. The van der Waals surface area contributed by atoms with E-state index in [1.54, 1.807) is 6.92 Å². The minimum Gasteiger partial charge on any atom is -0.490 e. The highest BCUT2D eigenvalue weighted by Crippen LogP contribution is 2.36. The lowest BCUT2D eigenvalue weighted by Crippen LogP contribution is -2.24. The van der Waals surface area contributed by atoms with Gasteiger partial charge in [0.05, 0.1) is 6.61 Å². The van der Waals surface area contributed by atoms with E-state index >= 15 is 0 Å². The summed E-state index contributed by atoms with van der Waals surface area (Å²) >= 11 is 0. The van der Waals surface area contributed by atoms with E-state index in [1.807, 2.05) is 4.98 Å². The molecule has 0 saturated carbocycles. The third-order valence-electron chi connectivity index (χ3n) is 3.46. The van der Waals surface area contributed by atoms with E-state index in [2.05, 4.69) is 0 Å². The number of nitrogen functional groups attached to an aromatic ring is 1. The number of ether oxygens (including phenoxy) is 2. The highest BCUT2D eigenvalue weighted by atomic mass is 16.6. The van der Waals surface area contributed by atoms with Crippen LogP contribution in [0.2, 0.25) is 0 Å². The number of H-pyrrole nitrogens is 1. The molecule has 142 valence electrons. The highest BCUT2D eigenvalue weighted by molar-refractivity contribution is 6.07. The third kappa shape index (κ3) is 3.89. The van der Waals surface area contributed by atoms with Crippen LogP contribution in [0.4, 0.5) is 5.82 Å². The van der Waals surface area contributed by atoms with E-state index in [0.29, 0.717) is 0 Å². The molecule has 0 aliphatic carbocycles. The van der Waals surface area contributed by atoms with Crippen LogP contribution in [0.3, 0.4) is 0 Å². The summed E-state index contributed by atoms with van der Waals surface area (Å²) in [6.45, 7) is 3.04. The molecule has 27 heavy (non-hydrogen) atoms. The van der Waals surface area contributed by atoms with Crippen molar-refractivity contribution in [1.29, 1.82) is 0 Å². The van der Waals surface area contributed by atoms with Gasteiger partial charge in [-0.1, -0.05) is 6.07 Å². The van der Waals surface area contributed by atoms with E-state index in [0.717, 1.165) is 0 Å². The minimum atomic E-state index is -1.63. The Morgan fingerprint density at radius 2 is 1.74 bits per heavy atom. The molecule has 0 bridgehead atoms. The molecule has 0 unspecified atom stereocenters. The Morgan fingerprint density at radius 3 is 2.26 bits per heavy atom. The normalized spacial score (nSPS) is 10.3. The van der Waals surface area contributed by atoms with Crippen molar-refractivity contribution in [2.75, 3.05) is 12.3 Å². The maximum absolute atomic E-state index is 12.1. The molecule has 0 atom stereocenters. The van der Waals surface area contributed by atoms with Gasteiger partial charge in [0, 0.05) is 12.5 Å².